The highest BCUT2D eigenvalue weighted by Gasteiger charge is 2.18. The Morgan fingerprint density at radius 1 is 1.47 bits per heavy atom. The van der Waals surface area contributed by atoms with Crippen molar-refractivity contribution in [2.24, 2.45) is 0 Å². The van der Waals surface area contributed by atoms with Crippen molar-refractivity contribution in [3.8, 4) is 0 Å². The van der Waals surface area contributed by atoms with E-state index >= 15 is 0 Å². The molecule has 0 bridgehead atoms. The number of pyridine rings is 1. The zero-order chi connectivity index (χ0) is 13.5. The van der Waals surface area contributed by atoms with Crippen molar-refractivity contribution in [3.63, 3.8) is 0 Å². The molecule has 0 saturated carbocycles. The molecule has 1 atom stereocenters. The molecule has 1 aromatic rings. The predicted octanol–water partition coefficient (Wildman–Crippen LogP) is 2.52. The summed E-state index contributed by atoms with van der Waals surface area (Å²) in [6.45, 7) is 8.68. The van der Waals surface area contributed by atoms with Crippen molar-refractivity contribution < 1.29 is 0 Å². The molecule has 19 heavy (non-hydrogen) atoms. The molecule has 0 aromatic carbocycles. The molecule has 1 aliphatic rings. The topological polar surface area (TPSA) is 28.2 Å². The molecule has 1 aromatic heterocycles. The number of hydrogen-bond donors (Lipinski definition) is 1. The van der Waals surface area contributed by atoms with Gasteiger partial charge in [0.25, 0.3) is 0 Å². The maximum absolute atomic E-state index is 4.60. The number of thioether (sulfide) groups is 1. The molecule has 1 saturated heterocycles. The summed E-state index contributed by atoms with van der Waals surface area (Å²) in [5.41, 5.74) is 2.47. The van der Waals surface area contributed by atoms with E-state index in [1.54, 1.807) is 0 Å². The molecule has 3 nitrogen and oxygen atoms in total. The monoisotopic (exact) mass is 279 g/mol. The summed E-state index contributed by atoms with van der Waals surface area (Å²) in [6.07, 6.45) is 3.19. The van der Waals surface area contributed by atoms with Crippen LogP contribution in [0.3, 0.4) is 0 Å². The van der Waals surface area contributed by atoms with Gasteiger partial charge in [-0.3, -0.25) is 9.88 Å². The summed E-state index contributed by atoms with van der Waals surface area (Å²) in [6, 6.07) is 5.05. The predicted molar refractivity (Wildman–Crippen MR) is 83.4 cm³/mol. The van der Waals surface area contributed by atoms with Crippen molar-refractivity contribution >= 4 is 11.8 Å². The molecule has 1 fully saturated rings. The minimum Gasteiger partial charge on any atom is -0.313 e. The van der Waals surface area contributed by atoms with E-state index in [0.29, 0.717) is 6.04 Å². The molecule has 2 heterocycles. The van der Waals surface area contributed by atoms with E-state index in [4.69, 9.17) is 0 Å². The van der Waals surface area contributed by atoms with Crippen LogP contribution in [0.4, 0.5) is 0 Å². The summed E-state index contributed by atoms with van der Waals surface area (Å²) in [7, 11) is 0. The number of nitrogens with one attached hydrogen (secondary N) is 1. The third-order valence-electron chi connectivity index (χ3n) is 3.51. The summed E-state index contributed by atoms with van der Waals surface area (Å²) in [5.74, 6) is 2.50. The van der Waals surface area contributed by atoms with Gasteiger partial charge in [-0.05, 0) is 31.5 Å². The maximum atomic E-state index is 4.60. The molecule has 0 spiro atoms. The first kappa shape index (κ1) is 14.8. The first-order valence-corrected chi connectivity index (χ1v) is 8.41. The van der Waals surface area contributed by atoms with Gasteiger partial charge in [0.1, 0.15) is 0 Å². The summed E-state index contributed by atoms with van der Waals surface area (Å²) < 4.78 is 0. The van der Waals surface area contributed by atoms with E-state index in [0.717, 1.165) is 19.6 Å². The molecular weight excluding hydrogens is 254 g/mol. The fraction of sp³-hybridized carbons (Fsp3) is 0.667. The van der Waals surface area contributed by atoms with Crippen LogP contribution in [0.1, 0.15) is 31.5 Å². The van der Waals surface area contributed by atoms with Gasteiger partial charge >= 0.3 is 0 Å². The zero-order valence-corrected chi connectivity index (χ0v) is 12.9. The number of nitrogens with zero attached hydrogens (tertiary/aromatic N) is 2. The lowest BCUT2D eigenvalue weighted by atomic mass is 10.2. The van der Waals surface area contributed by atoms with Crippen molar-refractivity contribution in [2.75, 3.05) is 24.6 Å². The lowest BCUT2D eigenvalue weighted by Crippen LogP contribution is -2.39. The van der Waals surface area contributed by atoms with E-state index in [1.165, 1.54) is 35.7 Å². The van der Waals surface area contributed by atoms with E-state index in [1.807, 2.05) is 6.20 Å². The lowest BCUT2D eigenvalue weighted by molar-refractivity contribution is 0.221. The Kier molecular flexibility index (Phi) is 6.14. The molecule has 1 N–H and O–H groups in total. The normalized spacial score (nSPS) is 20.6. The van der Waals surface area contributed by atoms with Crippen molar-refractivity contribution in [1.29, 1.82) is 0 Å². The fourth-order valence-corrected chi connectivity index (χ4v) is 3.35. The van der Waals surface area contributed by atoms with E-state index in [2.05, 4.69) is 52.9 Å². The SMILES string of the molecule is CCCNCc1ccc(CN2CCSCC2C)nc1. The minimum atomic E-state index is 0.673. The summed E-state index contributed by atoms with van der Waals surface area (Å²) in [5, 5.41) is 3.41. The highest BCUT2D eigenvalue weighted by Crippen LogP contribution is 2.17. The van der Waals surface area contributed by atoms with Gasteiger partial charge in [0, 0.05) is 43.4 Å². The quantitative estimate of drug-likeness (QED) is 0.810. The Hall–Kier alpha value is -0.580. The first-order chi connectivity index (χ1) is 9.29. The Morgan fingerprint density at radius 2 is 2.37 bits per heavy atom. The van der Waals surface area contributed by atoms with Crippen LogP contribution in [-0.2, 0) is 13.1 Å². The van der Waals surface area contributed by atoms with E-state index in [9.17, 15) is 0 Å². The summed E-state index contributed by atoms with van der Waals surface area (Å²) in [4.78, 5) is 7.13. The van der Waals surface area contributed by atoms with Crippen molar-refractivity contribution in [2.45, 2.75) is 39.4 Å². The Balaban J connectivity index is 1.84. The Bertz CT molecular complexity index is 366. The maximum Gasteiger partial charge on any atom is 0.0544 e. The third-order valence-corrected chi connectivity index (χ3v) is 4.70. The molecule has 2 rings (SSSR count). The second-order valence-corrected chi connectivity index (χ2v) is 6.38. The molecule has 106 valence electrons. The van der Waals surface area contributed by atoms with Crippen LogP contribution < -0.4 is 5.32 Å². The van der Waals surface area contributed by atoms with E-state index in [-0.39, 0.29) is 0 Å². The first-order valence-electron chi connectivity index (χ1n) is 7.26. The highest BCUT2D eigenvalue weighted by molar-refractivity contribution is 7.99. The standard InChI is InChI=1S/C15H25N3S/c1-3-6-16-9-14-4-5-15(17-10-14)11-18-7-8-19-12-13(18)2/h4-5,10,13,16H,3,6-9,11-12H2,1-2H3. The average Bonchev–Trinajstić information content (AvgIpc) is 2.44. The second kappa shape index (κ2) is 7.88. The van der Waals surface area contributed by atoms with Crippen LogP contribution in [0.2, 0.25) is 0 Å². The smallest absolute Gasteiger partial charge is 0.0544 e. The van der Waals surface area contributed by atoms with Gasteiger partial charge in [0.2, 0.25) is 0 Å². The molecular formula is C15H25N3S. The van der Waals surface area contributed by atoms with Crippen LogP contribution in [0.15, 0.2) is 18.3 Å². The minimum absolute atomic E-state index is 0.673. The van der Waals surface area contributed by atoms with Crippen LogP contribution in [0, 0.1) is 0 Å². The molecule has 0 aliphatic carbocycles. The summed E-state index contributed by atoms with van der Waals surface area (Å²) >= 11 is 2.06. The Labute approximate surface area is 121 Å². The van der Waals surface area contributed by atoms with Crippen LogP contribution in [0.5, 0.6) is 0 Å². The van der Waals surface area contributed by atoms with Gasteiger partial charge in [0.05, 0.1) is 5.69 Å². The van der Waals surface area contributed by atoms with Gasteiger partial charge in [0.15, 0.2) is 0 Å². The van der Waals surface area contributed by atoms with Crippen LogP contribution in [0.25, 0.3) is 0 Å². The Morgan fingerprint density at radius 3 is 3.05 bits per heavy atom. The van der Waals surface area contributed by atoms with Gasteiger partial charge in [-0.15, -0.1) is 0 Å². The molecule has 1 aliphatic heterocycles. The van der Waals surface area contributed by atoms with Gasteiger partial charge in [-0.2, -0.15) is 11.8 Å². The van der Waals surface area contributed by atoms with Crippen molar-refractivity contribution in [1.82, 2.24) is 15.2 Å². The zero-order valence-electron chi connectivity index (χ0n) is 12.1. The number of hydrogen-bond acceptors (Lipinski definition) is 4. The fourth-order valence-electron chi connectivity index (χ4n) is 2.27. The largest absolute Gasteiger partial charge is 0.313 e. The molecule has 0 radical (unpaired) electrons. The second-order valence-electron chi connectivity index (χ2n) is 5.23. The van der Waals surface area contributed by atoms with Crippen molar-refractivity contribution in [3.05, 3.63) is 29.6 Å². The van der Waals surface area contributed by atoms with Gasteiger partial charge < -0.3 is 5.32 Å². The lowest BCUT2D eigenvalue weighted by Gasteiger charge is -2.32. The number of aromatic nitrogens is 1. The third kappa shape index (κ3) is 4.79. The molecule has 4 heteroatoms. The van der Waals surface area contributed by atoms with Gasteiger partial charge in [-0.1, -0.05) is 13.0 Å². The average molecular weight is 279 g/mol. The van der Waals surface area contributed by atoms with Gasteiger partial charge in [-0.25, -0.2) is 0 Å². The van der Waals surface area contributed by atoms with Crippen LogP contribution >= 0.6 is 11.8 Å². The number of rotatable bonds is 6. The van der Waals surface area contributed by atoms with E-state index < -0.39 is 0 Å². The molecule has 1 unspecified atom stereocenters. The highest BCUT2D eigenvalue weighted by atomic mass is 32.2. The molecule has 0 amide bonds. The van der Waals surface area contributed by atoms with Crippen LogP contribution in [-0.4, -0.2) is 40.5 Å².